The number of aliphatic hydroxyl groups excluding tert-OH is 1. The van der Waals surface area contributed by atoms with E-state index in [1.807, 2.05) is 0 Å². The first kappa shape index (κ1) is 26.0. The number of sulfonamides is 1. The summed E-state index contributed by atoms with van der Waals surface area (Å²) in [7, 11) is -3.92. The van der Waals surface area contributed by atoms with Crippen LogP contribution < -0.4 is 21.1 Å². The number of rotatable bonds is 9. The molecule has 0 bridgehead atoms. The number of hydrogen-bond acceptors (Lipinski definition) is 7. The zero-order chi connectivity index (χ0) is 22.1. The van der Waals surface area contributed by atoms with Crippen LogP contribution in [-0.4, -0.2) is 50.4 Å². The number of carbonyl (C=O) groups excluding carboxylic acids is 3. The van der Waals surface area contributed by atoms with Crippen LogP contribution in [0, 0.1) is 0 Å². The Balaban J connectivity index is 0.00000480. The summed E-state index contributed by atoms with van der Waals surface area (Å²) in [5, 5.41) is 13.6. The summed E-state index contributed by atoms with van der Waals surface area (Å²) in [5.41, 5.74) is 6.68. The monoisotopic (exact) mass is 470 g/mol. The molecule has 0 fully saturated rings. The summed E-state index contributed by atoms with van der Waals surface area (Å²) < 4.78 is 26.5. The molecule has 2 rings (SSSR count). The standard InChI is InChI=1S/C19H22N4O6S.ClH/c20-15-8-6-14(7-9-15)18(26)22-17(25)10-21-19(27)16(11-24)23-30(28,29)12-13-4-2-1-3-5-13;/h1-9,16,23-24H,10-12,20H2,(H,21,27)(H,22,25,26);1H/t16-;/m0./s1. The molecule has 3 amide bonds. The fraction of sp³-hybridized carbons (Fsp3) is 0.211. The summed E-state index contributed by atoms with van der Waals surface area (Å²) in [5.74, 6) is -2.79. The van der Waals surface area contributed by atoms with E-state index in [9.17, 15) is 27.9 Å². The molecule has 1 atom stereocenters. The number of amides is 3. The van der Waals surface area contributed by atoms with Gasteiger partial charge in [-0.2, -0.15) is 0 Å². The van der Waals surface area contributed by atoms with E-state index in [4.69, 9.17) is 5.73 Å². The van der Waals surface area contributed by atoms with Crippen LogP contribution in [-0.2, 0) is 25.4 Å². The summed E-state index contributed by atoms with van der Waals surface area (Å²) in [6, 6.07) is 12.7. The van der Waals surface area contributed by atoms with Crippen molar-refractivity contribution in [3.05, 3.63) is 65.7 Å². The SMILES string of the molecule is Cl.Nc1ccc(C(=O)NC(=O)CNC(=O)[C@H](CO)NS(=O)(=O)Cc2ccccc2)cc1. The van der Waals surface area contributed by atoms with E-state index in [1.165, 1.54) is 24.3 Å². The number of aliphatic hydroxyl groups is 1. The van der Waals surface area contributed by atoms with Gasteiger partial charge in [0.05, 0.1) is 18.9 Å². The third-order valence-electron chi connectivity index (χ3n) is 3.87. The van der Waals surface area contributed by atoms with Gasteiger partial charge in [-0.1, -0.05) is 30.3 Å². The highest BCUT2D eigenvalue weighted by atomic mass is 35.5. The molecule has 31 heavy (non-hydrogen) atoms. The van der Waals surface area contributed by atoms with Gasteiger partial charge in [0, 0.05) is 11.3 Å². The zero-order valence-corrected chi connectivity index (χ0v) is 17.9. The van der Waals surface area contributed by atoms with Crippen molar-refractivity contribution >= 4 is 45.8 Å². The maximum Gasteiger partial charge on any atom is 0.257 e. The topological polar surface area (TPSA) is 168 Å². The van der Waals surface area contributed by atoms with Crippen LogP contribution in [0.1, 0.15) is 15.9 Å². The minimum atomic E-state index is -3.92. The lowest BCUT2D eigenvalue weighted by Crippen LogP contribution is -2.51. The van der Waals surface area contributed by atoms with E-state index in [0.29, 0.717) is 11.3 Å². The molecule has 0 unspecified atom stereocenters. The molecule has 0 aromatic heterocycles. The summed E-state index contributed by atoms with van der Waals surface area (Å²) in [6.07, 6.45) is 0. The molecule has 168 valence electrons. The normalized spacial score (nSPS) is 11.6. The number of halogens is 1. The van der Waals surface area contributed by atoms with E-state index in [-0.39, 0.29) is 23.7 Å². The van der Waals surface area contributed by atoms with Crippen LogP contribution >= 0.6 is 12.4 Å². The quantitative estimate of drug-likeness (QED) is 0.309. The van der Waals surface area contributed by atoms with Crippen molar-refractivity contribution < 1.29 is 27.9 Å². The van der Waals surface area contributed by atoms with Gasteiger partial charge in [0.1, 0.15) is 6.04 Å². The van der Waals surface area contributed by atoms with Crippen LogP contribution in [0.25, 0.3) is 0 Å². The van der Waals surface area contributed by atoms with Gasteiger partial charge in [-0.15, -0.1) is 12.4 Å². The van der Waals surface area contributed by atoms with E-state index in [2.05, 4.69) is 15.4 Å². The van der Waals surface area contributed by atoms with Gasteiger partial charge >= 0.3 is 0 Å². The molecule has 0 aliphatic carbocycles. The predicted molar refractivity (Wildman–Crippen MR) is 117 cm³/mol. The van der Waals surface area contributed by atoms with Crippen molar-refractivity contribution in [3.63, 3.8) is 0 Å². The van der Waals surface area contributed by atoms with Crippen molar-refractivity contribution in [1.29, 1.82) is 0 Å². The van der Waals surface area contributed by atoms with E-state index in [0.717, 1.165) is 0 Å². The van der Waals surface area contributed by atoms with Crippen molar-refractivity contribution in [1.82, 2.24) is 15.4 Å². The molecule has 2 aromatic rings. The van der Waals surface area contributed by atoms with Crippen LogP contribution in [0.4, 0.5) is 5.69 Å². The lowest BCUT2D eigenvalue weighted by molar-refractivity contribution is -0.127. The number of nitrogens with one attached hydrogen (secondary N) is 3. The Morgan fingerprint density at radius 3 is 2.19 bits per heavy atom. The molecule has 0 aliphatic heterocycles. The Labute approximate surface area is 185 Å². The van der Waals surface area contributed by atoms with Gasteiger partial charge in [-0.05, 0) is 29.8 Å². The largest absolute Gasteiger partial charge is 0.399 e. The lowest BCUT2D eigenvalue weighted by Gasteiger charge is -2.16. The summed E-state index contributed by atoms with van der Waals surface area (Å²) in [4.78, 5) is 35.9. The molecule has 6 N–H and O–H groups in total. The average Bonchev–Trinajstić information content (AvgIpc) is 2.71. The molecular weight excluding hydrogens is 448 g/mol. The number of imide groups is 1. The smallest absolute Gasteiger partial charge is 0.257 e. The molecule has 0 spiro atoms. The van der Waals surface area contributed by atoms with Crippen LogP contribution in [0.3, 0.4) is 0 Å². The Morgan fingerprint density at radius 2 is 1.61 bits per heavy atom. The fourth-order valence-electron chi connectivity index (χ4n) is 2.39. The fourth-order valence-corrected chi connectivity index (χ4v) is 3.72. The number of anilines is 1. The lowest BCUT2D eigenvalue weighted by atomic mass is 10.2. The highest BCUT2D eigenvalue weighted by Crippen LogP contribution is 2.06. The van der Waals surface area contributed by atoms with Gasteiger partial charge in [-0.25, -0.2) is 13.1 Å². The third kappa shape index (κ3) is 8.72. The average molecular weight is 471 g/mol. The maximum atomic E-state index is 12.2. The minimum absolute atomic E-state index is 0. The molecular formula is C19H23ClN4O6S. The first-order chi connectivity index (χ1) is 14.2. The number of nitrogen functional groups attached to an aromatic ring is 1. The summed E-state index contributed by atoms with van der Waals surface area (Å²) in [6.45, 7) is -1.40. The van der Waals surface area contributed by atoms with Gasteiger partial charge in [0.15, 0.2) is 0 Å². The molecule has 0 saturated heterocycles. The highest BCUT2D eigenvalue weighted by Gasteiger charge is 2.24. The van der Waals surface area contributed by atoms with Crippen molar-refractivity contribution in [2.45, 2.75) is 11.8 Å². The molecule has 0 saturated carbocycles. The minimum Gasteiger partial charge on any atom is -0.399 e. The molecule has 0 heterocycles. The molecule has 2 aromatic carbocycles. The Hall–Kier alpha value is -2.99. The van der Waals surface area contributed by atoms with E-state index >= 15 is 0 Å². The first-order valence-corrected chi connectivity index (χ1v) is 10.5. The van der Waals surface area contributed by atoms with Gasteiger partial charge in [-0.3, -0.25) is 19.7 Å². The number of carbonyl (C=O) groups is 3. The second kappa shape index (κ2) is 12.0. The third-order valence-corrected chi connectivity index (χ3v) is 5.23. The number of benzene rings is 2. The first-order valence-electron chi connectivity index (χ1n) is 8.82. The summed E-state index contributed by atoms with van der Waals surface area (Å²) >= 11 is 0. The number of nitrogens with two attached hydrogens (primary N) is 1. The van der Waals surface area contributed by atoms with Crippen molar-refractivity contribution in [2.24, 2.45) is 0 Å². The maximum absolute atomic E-state index is 12.2. The molecule has 12 heteroatoms. The van der Waals surface area contributed by atoms with Gasteiger partial charge < -0.3 is 16.2 Å². The Kier molecular flexibility index (Phi) is 10.1. The van der Waals surface area contributed by atoms with Crippen LogP contribution in [0.2, 0.25) is 0 Å². The Bertz CT molecular complexity index is 1000. The highest BCUT2D eigenvalue weighted by molar-refractivity contribution is 7.88. The Morgan fingerprint density at radius 1 is 1.00 bits per heavy atom. The molecule has 10 nitrogen and oxygen atoms in total. The second-order valence-corrected chi connectivity index (χ2v) is 8.07. The zero-order valence-electron chi connectivity index (χ0n) is 16.3. The van der Waals surface area contributed by atoms with Gasteiger partial charge in [0.25, 0.3) is 5.91 Å². The van der Waals surface area contributed by atoms with Gasteiger partial charge in [0.2, 0.25) is 21.8 Å². The number of hydrogen-bond donors (Lipinski definition) is 5. The van der Waals surface area contributed by atoms with E-state index < -0.39 is 46.9 Å². The van der Waals surface area contributed by atoms with E-state index in [1.54, 1.807) is 30.3 Å². The van der Waals surface area contributed by atoms with Crippen LogP contribution in [0.5, 0.6) is 0 Å². The van der Waals surface area contributed by atoms with Crippen molar-refractivity contribution in [2.75, 3.05) is 18.9 Å². The van der Waals surface area contributed by atoms with Crippen LogP contribution in [0.15, 0.2) is 54.6 Å². The molecule has 0 aliphatic rings. The second-order valence-electron chi connectivity index (χ2n) is 6.31. The molecule has 0 radical (unpaired) electrons. The predicted octanol–water partition coefficient (Wildman–Crippen LogP) is -0.456. The van der Waals surface area contributed by atoms with Crippen molar-refractivity contribution in [3.8, 4) is 0 Å².